The van der Waals surface area contributed by atoms with Crippen LogP contribution < -0.4 is 4.74 Å². The van der Waals surface area contributed by atoms with Crippen LogP contribution in [0.2, 0.25) is 0 Å². The molecule has 0 unspecified atom stereocenters. The van der Waals surface area contributed by atoms with Crippen LogP contribution in [0.3, 0.4) is 0 Å². The van der Waals surface area contributed by atoms with Gasteiger partial charge in [-0.05, 0) is 19.1 Å². The van der Waals surface area contributed by atoms with Crippen molar-refractivity contribution in [3.05, 3.63) is 29.6 Å². The van der Waals surface area contributed by atoms with Gasteiger partial charge < -0.3 is 9.57 Å². The van der Waals surface area contributed by atoms with Gasteiger partial charge in [0.2, 0.25) is 0 Å². The van der Waals surface area contributed by atoms with E-state index in [1.165, 1.54) is 12.1 Å². The number of ether oxygens (including phenoxy) is 1. The SMILES string of the molecule is CCON=C1CCOc2cc(F)ccc21. The fourth-order valence-electron chi connectivity index (χ4n) is 1.48. The van der Waals surface area contributed by atoms with Crippen LogP contribution in [0.5, 0.6) is 5.75 Å². The van der Waals surface area contributed by atoms with Crippen molar-refractivity contribution in [3.8, 4) is 5.75 Å². The summed E-state index contributed by atoms with van der Waals surface area (Å²) >= 11 is 0. The lowest BCUT2D eigenvalue weighted by Crippen LogP contribution is -2.16. The van der Waals surface area contributed by atoms with Gasteiger partial charge in [0.25, 0.3) is 0 Å². The largest absolute Gasteiger partial charge is 0.492 e. The Hall–Kier alpha value is -1.58. The van der Waals surface area contributed by atoms with E-state index >= 15 is 0 Å². The van der Waals surface area contributed by atoms with E-state index in [9.17, 15) is 4.39 Å². The maximum Gasteiger partial charge on any atom is 0.131 e. The van der Waals surface area contributed by atoms with Gasteiger partial charge in [0.1, 0.15) is 18.2 Å². The van der Waals surface area contributed by atoms with Crippen molar-refractivity contribution in [2.75, 3.05) is 13.2 Å². The average molecular weight is 209 g/mol. The highest BCUT2D eigenvalue weighted by atomic mass is 19.1. The van der Waals surface area contributed by atoms with Crippen molar-refractivity contribution in [1.82, 2.24) is 0 Å². The second kappa shape index (κ2) is 4.29. The molecule has 0 saturated heterocycles. The van der Waals surface area contributed by atoms with Gasteiger partial charge in [0, 0.05) is 18.1 Å². The molecule has 0 aliphatic carbocycles. The third-order valence-corrected chi connectivity index (χ3v) is 2.15. The standard InChI is InChI=1S/C11H12FNO2/c1-2-15-13-10-5-6-14-11-7-8(12)3-4-9(10)11/h3-4,7H,2,5-6H2,1H3. The topological polar surface area (TPSA) is 30.8 Å². The molecule has 0 N–H and O–H groups in total. The second-order valence-corrected chi connectivity index (χ2v) is 3.19. The van der Waals surface area contributed by atoms with Gasteiger partial charge in [-0.25, -0.2) is 4.39 Å². The van der Waals surface area contributed by atoms with E-state index < -0.39 is 0 Å². The Morgan fingerprint density at radius 1 is 1.53 bits per heavy atom. The normalized spacial score (nSPS) is 17.1. The Balaban J connectivity index is 2.34. The Morgan fingerprint density at radius 3 is 3.20 bits per heavy atom. The molecular formula is C11H12FNO2. The third kappa shape index (κ3) is 2.09. The summed E-state index contributed by atoms with van der Waals surface area (Å²) in [5.41, 5.74) is 1.63. The number of benzene rings is 1. The molecule has 0 bridgehead atoms. The highest BCUT2D eigenvalue weighted by Gasteiger charge is 2.17. The first-order chi connectivity index (χ1) is 7.31. The van der Waals surface area contributed by atoms with Gasteiger partial charge in [-0.2, -0.15) is 0 Å². The molecule has 0 atom stereocenters. The summed E-state index contributed by atoms with van der Waals surface area (Å²) in [5, 5.41) is 3.99. The maximum absolute atomic E-state index is 12.9. The van der Waals surface area contributed by atoms with E-state index in [0.29, 0.717) is 25.4 Å². The van der Waals surface area contributed by atoms with Crippen molar-refractivity contribution in [2.45, 2.75) is 13.3 Å². The van der Waals surface area contributed by atoms with E-state index in [1.54, 1.807) is 6.07 Å². The van der Waals surface area contributed by atoms with E-state index in [2.05, 4.69) is 5.16 Å². The smallest absolute Gasteiger partial charge is 0.131 e. The number of hydrogen-bond donors (Lipinski definition) is 0. The third-order valence-electron chi connectivity index (χ3n) is 2.15. The molecule has 0 fully saturated rings. The van der Waals surface area contributed by atoms with Gasteiger partial charge >= 0.3 is 0 Å². The zero-order valence-corrected chi connectivity index (χ0v) is 8.50. The molecule has 0 saturated carbocycles. The molecule has 2 rings (SSSR count). The summed E-state index contributed by atoms with van der Waals surface area (Å²) in [6.07, 6.45) is 0.693. The van der Waals surface area contributed by atoms with Gasteiger partial charge in [-0.3, -0.25) is 0 Å². The molecule has 1 heterocycles. The predicted molar refractivity (Wildman–Crippen MR) is 54.7 cm³/mol. The molecule has 0 spiro atoms. The number of nitrogens with zero attached hydrogens (tertiary/aromatic N) is 1. The molecule has 3 nitrogen and oxygen atoms in total. The number of fused-ring (bicyclic) bond motifs is 1. The minimum Gasteiger partial charge on any atom is -0.492 e. The van der Waals surface area contributed by atoms with Crippen LogP contribution in [0.4, 0.5) is 4.39 Å². The first-order valence-electron chi connectivity index (χ1n) is 4.93. The van der Waals surface area contributed by atoms with Crippen LogP contribution in [0.1, 0.15) is 18.9 Å². The van der Waals surface area contributed by atoms with E-state index in [4.69, 9.17) is 9.57 Å². The van der Waals surface area contributed by atoms with Crippen molar-refractivity contribution < 1.29 is 14.0 Å². The van der Waals surface area contributed by atoms with Crippen molar-refractivity contribution >= 4 is 5.71 Å². The number of hydrogen-bond acceptors (Lipinski definition) is 3. The Labute approximate surface area is 87.5 Å². The molecule has 1 aromatic rings. The van der Waals surface area contributed by atoms with Gasteiger partial charge in [0.05, 0.1) is 12.3 Å². The summed E-state index contributed by atoms with van der Waals surface area (Å²) in [7, 11) is 0. The zero-order valence-electron chi connectivity index (χ0n) is 8.50. The second-order valence-electron chi connectivity index (χ2n) is 3.19. The highest BCUT2D eigenvalue weighted by molar-refractivity contribution is 6.03. The van der Waals surface area contributed by atoms with Crippen molar-refractivity contribution in [2.24, 2.45) is 5.16 Å². The highest BCUT2D eigenvalue weighted by Crippen LogP contribution is 2.25. The zero-order chi connectivity index (χ0) is 10.7. The van der Waals surface area contributed by atoms with Crippen LogP contribution in [0, 0.1) is 5.82 Å². The molecule has 1 aliphatic rings. The van der Waals surface area contributed by atoms with Crippen LogP contribution >= 0.6 is 0 Å². The lowest BCUT2D eigenvalue weighted by molar-refractivity contribution is 0.157. The van der Waals surface area contributed by atoms with E-state index in [-0.39, 0.29) is 5.82 Å². The van der Waals surface area contributed by atoms with Gasteiger partial charge in [0.15, 0.2) is 0 Å². The van der Waals surface area contributed by atoms with E-state index in [0.717, 1.165) is 11.3 Å². The van der Waals surface area contributed by atoms with Gasteiger partial charge in [-0.1, -0.05) is 5.16 Å². The number of oxime groups is 1. The predicted octanol–water partition coefficient (Wildman–Crippen LogP) is 2.35. The average Bonchev–Trinajstić information content (AvgIpc) is 2.25. The van der Waals surface area contributed by atoms with Crippen LogP contribution in [-0.2, 0) is 4.84 Å². The first kappa shape index (κ1) is 9.96. The summed E-state index contributed by atoms with van der Waals surface area (Å²) < 4.78 is 18.3. The van der Waals surface area contributed by atoms with E-state index in [1.807, 2.05) is 6.92 Å². The molecule has 1 aromatic carbocycles. The minimum atomic E-state index is -0.300. The molecule has 0 radical (unpaired) electrons. The summed E-state index contributed by atoms with van der Waals surface area (Å²) in [6.45, 7) is 2.91. The monoisotopic (exact) mass is 209 g/mol. The lowest BCUT2D eigenvalue weighted by atomic mass is 10.0. The van der Waals surface area contributed by atoms with Crippen LogP contribution in [0.25, 0.3) is 0 Å². The minimum absolute atomic E-state index is 0.300. The van der Waals surface area contributed by atoms with Crippen molar-refractivity contribution in [1.29, 1.82) is 0 Å². The molecule has 0 amide bonds. The van der Waals surface area contributed by atoms with Crippen LogP contribution in [0.15, 0.2) is 23.4 Å². The first-order valence-corrected chi connectivity index (χ1v) is 4.93. The van der Waals surface area contributed by atoms with Gasteiger partial charge in [-0.15, -0.1) is 0 Å². The number of halogens is 1. The van der Waals surface area contributed by atoms with Crippen LogP contribution in [-0.4, -0.2) is 18.9 Å². The lowest BCUT2D eigenvalue weighted by Gasteiger charge is -2.18. The molecule has 80 valence electrons. The maximum atomic E-state index is 12.9. The number of rotatable bonds is 2. The Bertz CT molecular complexity index is 390. The fraction of sp³-hybridized carbons (Fsp3) is 0.364. The fourth-order valence-corrected chi connectivity index (χ4v) is 1.48. The molecular weight excluding hydrogens is 197 g/mol. The molecule has 4 heteroatoms. The molecule has 0 aromatic heterocycles. The molecule has 1 aliphatic heterocycles. The summed E-state index contributed by atoms with van der Waals surface area (Å²) in [5.74, 6) is 0.242. The molecule has 15 heavy (non-hydrogen) atoms. The Morgan fingerprint density at radius 2 is 2.40 bits per heavy atom. The summed E-state index contributed by atoms with van der Waals surface area (Å²) in [6, 6.07) is 4.44. The van der Waals surface area contributed by atoms with Crippen molar-refractivity contribution in [3.63, 3.8) is 0 Å². The summed E-state index contributed by atoms with van der Waals surface area (Å²) in [4.78, 5) is 5.00. The quantitative estimate of drug-likeness (QED) is 0.700. The Kier molecular flexibility index (Phi) is 2.85.